The van der Waals surface area contributed by atoms with Crippen LogP contribution in [0.25, 0.3) is 6.08 Å². The number of piperazine rings is 1. The van der Waals surface area contributed by atoms with Gasteiger partial charge in [0.15, 0.2) is 6.61 Å². The molecular weight excluding hydrogens is 474 g/mol. The molecule has 0 aromatic heterocycles. The van der Waals surface area contributed by atoms with Gasteiger partial charge in [-0.15, -0.1) is 0 Å². The molecular formula is C29H30ClN3O3. The monoisotopic (exact) mass is 503 g/mol. The fourth-order valence-corrected chi connectivity index (χ4v) is 4.41. The van der Waals surface area contributed by atoms with E-state index in [0.717, 1.165) is 22.4 Å². The van der Waals surface area contributed by atoms with E-state index >= 15 is 0 Å². The second-order valence-corrected chi connectivity index (χ2v) is 9.31. The van der Waals surface area contributed by atoms with Crippen LogP contribution in [0, 0.1) is 13.8 Å². The zero-order valence-electron chi connectivity index (χ0n) is 20.5. The van der Waals surface area contributed by atoms with Crippen molar-refractivity contribution in [2.24, 2.45) is 0 Å². The first-order chi connectivity index (χ1) is 17.4. The number of halogens is 1. The van der Waals surface area contributed by atoms with E-state index in [1.807, 2.05) is 73.4 Å². The number of nitrogens with one attached hydrogen (secondary N) is 1. The summed E-state index contributed by atoms with van der Waals surface area (Å²) in [6.45, 7) is 6.34. The molecule has 0 saturated carbocycles. The second kappa shape index (κ2) is 11.8. The van der Waals surface area contributed by atoms with Gasteiger partial charge in [0, 0.05) is 37.3 Å². The highest BCUT2D eigenvalue weighted by atomic mass is 35.5. The Balaban J connectivity index is 1.35. The van der Waals surface area contributed by atoms with Crippen LogP contribution in [0.1, 0.15) is 16.7 Å². The van der Waals surface area contributed by atoms with Gasteiger partial charge < -0.3 is 19.9 Å². The minimum atomic E-state index is -0.266. The normalized spacial score (nSPS) is 13.6. The van der Waals surface area contributed by atoms with Gasteiger partial charge in [-0.1, -0.05) is 48.0 Å². The van der Waals surface area contributed by atoms with Crippen LogP contribution in [0.5, 0.6) is 5.75 Å². The first-order valence-corrected chi connectivity index (χ1v) is 12.3. The Morgan fingerprint density at radius 1 is 0.944 bits per heavy atom. The van der Waals surface area contributed by atoms with Crippen LogP contribution in [0.2, 0.25) is 5.02 Å². The first-order valence-electron chi connectivity index (χ1n) is 11.9. The average molecular weight is 504 g/mol. The SMILES string of the molecule is Cc1cc(C)cc(OCC(=O)Nc2cc(Cl)ccc2N2CCN(C(=O)/C=C/c3ccccc3)CC2)c1. The third kappa shape index (κ3) is 6.89. The molecule has 1 saturated heterocycles. The Morgan fingerprint density at radius 3 is 2.33 bits per heavy atom. The van der Waals surface area contributed by atoms with Crippen LogP contribution in [0.15, 0.2) is 72.8 Å². The van der Waals surface area contributed by atoms with Crippen LogP contribution in [-0.2, 0) is 9.59 Å². The summed E-state index contributed by atoms with van der Waals surface area (Å²) < 4.78 is 5.70. The Kier molecular flexibility index (Phi) is 8.28. The van der Waals surface area contributed by atoms with E-state index in [0.29, 0.717) is 42.6 Å². The molecule has 3 aromatic carbocycles. The number of carbonyl (C=O) groups excluding carboxylic acids is 2. The van der Waals surface area contributed by atoms with Crippen LogP contribution in [0.4, 0.5) is 11.4 Å². The lowest BCUT2D eigenvalue weighted by molar-refractivity contribution is -0.126. The highest BCUT2D eigenvalue weighted by molar-refractivity contribution is 6.31. The Hall–Kier alpha value is -3.77. The molecule has 1 N–H and O–H groups in total. The molecule has 4 rings (SSSR count). The predicted octanol–water partition coefficient (Wildman–Crippen LogP) is 5.34. The molecule has 1 fully saturated rings. The third-order valence-corrected chi connectivity index (χ3v) is 6.18. The van der Waals surface area contributed by atoms with Crippen LogP contribution >= 0.6 is 11.6 Å². The molecule has 0 bridgehead atoms. The zero-order chi connectivity index (χ0) is 25.5. The molecule has 1 aliphatic heterocycles. The van der Waals surface area contributed by atoms with Crippen molar-refractivity contribution < 1.29 is 14.3 Å². The molecule has 0 aliphatic carbocycles. The topological polar surface area (TPSA) is 61.9 Å². The zero-order valence-corrected chi connectivity index (χ0v) is 21.3. The summed E-state index contributed by atoms with van der Waals surface area (Å²) in [6.07, 6.45) is 3.45. The summed E-state index contributed by atoms with van der Waals surface area (Å²) in [5, 5.41) is 3.47. The number of hydrogen-bond donors (Lipinski definition) is 1. The van der Waals surface area contributed by atoms with E-state index in [1.54, 1.807) is 18.2 Å². The predicted molar refractivity (Wildman–Crippen MR) is 146 cm³/mol. The summed E-state index contributed by atoms with van der Waals surface area (Å²) in [4.78, 5) is 29.3. The minimum absolute atomic E-state index is 0.00771. The van der Waals surface area contributed by atoms with Crippen molar-refractivity contribution >= 4 is 40.9 Å². The molecule has 36 heavy (non-hydrogen) atoms. The molecule has 3 aromatic rings. The van der Waals surface area contributed by atoms with Crippen molar-refractivity contribution in [2.75, 3.05) is 43.0 Å². The van der Waals surface area contributed by atoms with Gasteiger partial charge in [0.1, 0.15) is 5.75 Å². The molecule has 1 aliphatic rings. The number of anilines is 2. The number of ether oxygens (including phenoxy) is 1. The molecule has 6 nitrogen and oxygen atoms in total. The van der Waals surface area contributed by atoms with Gasteiger partial charge in [-0.25, -0.2) is 0 Å². The average Bonchev–Trinajstić information content (AvgIpc) is 2.86. The lowest BCUT2D eigenvalue weighted by Crippen LogP contribution is -2.48. The van der Waals surface area contributed by atoms with E-state index < -0.39 is 0 Å². The molecule has 7 heteroatoms. The van der Waals surface area contributed by atoms with Gasteiger partial charge >= 0.3 is 0 Å². The smallest absolute Gasteiger partial charge is 0.262 e. The van der Waals surface area contributed by atoms with Crippen LogP contribution < -0.4 is 15.0 Å². The Labute approximate surface area is 217 Å². The van der Waals surface area contributed by atoms with E-state index in [2.05, 4.69) is 16.3 Å². The van der Waals surface area contributed by atoms with Crippen molar-refractivity contribution in [1.82, 2.24) is 4.90 Å². The number of amides is 2. The summed E-state index contributed by atoms with van der Waals surface area (Å²) in [5.74, 6) is 0.389. The largest absolute Gasteiger partial charge is 0.484 e. The quantitative estimate of drug-likeness (QED) is 0.442. The van der Waals surface area contributed by atoms with Gasteiger partial charge in [-0.2, -0.15) is 0 Å². The molecule has 2 amide bonds. The van der Waals surface area contributed by atoms with E-state index in [1.165, 1.54) is 0 Å². The lowest BCUT2D eigenvalue weighted by atomic mass is 10.1. The molecule has 0 atom stereocenters. The minimum Gasteiger partial charge on any atom is -0.484 e. The number of rotatable bonds is 7. The van der Waals surface area contributed by atoms with Gasteiger partial charge in [0.05, 0.1) is 11.4 Å². The summed E-state index contributed by atoms with van der Waals surface area (Å²) in [7, 11) is 0. The van der Waals surface area contributed by atoms with Crippen molar-refractivity contribution in [3.8, 4) is 5.75 Å². The van der Waals surface area contributed by atoms with Crippen molar-refractivity contribution in [2.45, 2.75) is 13.8 Å². The van der Waals surface area contributed by atoms with Gasteiger partial charge in [-0.05, 0) is 66.9 Å². The Morgan fingerprint density at radius 2 is 1.64 bits per heavy atom. The van der Waals surface area contributed by atoms with Crippen molar-refractivity contribution in [3.05, 3.63) is 94.5 Å². The number of benzene rings is 3. The number of nitrogens with zero attached hydrogens (tertiary/aromatic N) is 2. The van der Waals surface area contributed by atoms with Crippen molar-refractivity contribution in [3.63, 3.8) is 0 Å². The number of carbonyl (C=O) groups is 2. The van der Waals surface area contributed by atoms with Crippen molar-refractivity contribution in [1.29, 1.82) is 0 Å². The lowest BCUT2D eigenvalue weighted by Gasteiger charge is -2.36. The van der Waals surface area contributed by atoms with Crippen LogP contribution in [0.3, 0.4) is 0 Å². The highest BCUT2D eigenvalue weighted by Gasteiger charge is 2.22. The molecule has 0 spiro atoms. The van der Waals surface area contributed by atoms with E-state index in [4.69, 9.17) is 16.3 Å². The summed E-state index contributed by atoms with van der Waals surface area (Å²) in [5.41, 5.74) is 4.64. The molecule has 186 valence electrons. The fourth-order valence-electron chi connectivity index (χ4n) is 4.24. The summed E-state index contributed by atoms with van der Waals surface area (Å²) >= 11 is 6.24. The summed E-state index contributed by atoms with van der Waals surface area (Å²) in [6, 6.07) is 21.1. The Bertz CT molecular complexity index is 1230. The highest BCUT2D eigenvalue weighted by Crippen LogP contribution is 2.30. The fraction of sp³-hybridized carbons (Fsp3) is 0.241. The third-order valence-electron chi connectivity index (χ3n) is 5.95. The maximum Gasteiger partial charge on any atom is 0.262 e. The van der Waals surface area contributed by atoms with Gasteiger partial charge in [0.25, 0.3) is 5.91 Å². The van der Waals surface area contributed by atoms with Gasteiger partial charge in [-0.3, -0.25) is 9.59 Å². The van der Waals surface area contributed by atoms with Crippen LogP contribution in [-0.4, -0.2) is 49.5 Å². The molecule has 0 unspecified atom stereocenters. The van der Waals surface area contributed by atoms with E-state index in [9.17, 15) is 9.59 Å². The maximum absolute atomic E-state index is 12.7. The number of hydrogen-bond acceptors (Lipinski definition) is 4. The van der Waals surface area contributed by atoms with E-state index in [-0.39, 0.29) is 18.4 Å². The molecule has 1 heterocycles. The number of aryl methyl sites for hydroxylation is 2. The first kappa shape index (κ1) is 25.3. The van der Waals surface area contributed by atoms with Gasteiger partial charge in [0.2, 0.25) is 5.91 Å². The standard InChI is InChI=1S/C29H30ClN3O3/c1-21-16-22(2)18-25(17-21)36-20-28(34)31-26-19-24(30)9-10-27(26)32-12-14-33(15-13-32)29(35)11-8-23-6-4-3-5-7-23/h3-11,16-19H,12-15,20H2,1-2H3,(H,31,34)/b11-8+. The maximum atomic E-state index is 12.7. The molecule has 0 radical (unpaired) electrons. The second-order valence-electron chi connectivity index (χ2n) is 8.88.